The van der Waals surface area contributed by atoms with Gasteiger partial charge in [-0.2, -0.15) is 0 Å². The molecule has 1 aromatic carbocycles. The highest BCUT2D eigenvalue weighted by molar-refractivity contribution is 8.05. The summed E-state index contributed by atoms with van der Waals surface area (Å²) in [5.74, 6) is 0.0480. The van der Waals surface area contributed by atoms with E-state index in [0.29, 0.717) is 21.7 Å². The third-order valence-corrected chi connectivity index (χ3v) is 7.48. The van der Waals surface area contributed by atoms with Crippen LogP contribution in [0.1, 0.15) is 43.9 Å². The monoisotopic (exact) mass is 435 g/mol. The van der Waals surface area contributed by atoms with E-state index in [4.69, 9.17) is 23.2 Å². The molecule has 2 heterocycles. The van der Waals surface area contributed by atoms with Crippen LogP contribution in [0.3, 0.4) is 0 Å². The van der Waals surface area contributed by atoms with Crippen LogP contribution < -0.4 is 0 Å². The molecule has 148 valence electrons. The highest BCUT2D eigenvalue weighted by atomic mass is 35.5. The Morgan fingerprint density at radius 1 is 1.32 bits per heavy atom. The molecule has 0 saturated carbocycles. The summed E-state index contributed by atoms with van der Waals surface area (Å²) in [6.07, 6.45) is 5.78. The van der Waals surface area contributed by atoms with Gasteiger partial charge < -0.3 is 10.2 Å². The maximum atomic E-state index is 11.3. The van der Waals surface area contributed by atoms with Crippen molar-refractivity contribution in [2.75, 3.05) is 0 Å². The van der Waals surface area contributed by atoms with Gasteiger partial charge in [0.2, 0.25) is 0 Å². The van der Waals surface area contributed by atoms with Crippen LogP contribution in [0, 0.1) is 5.41 Å². The summed E-state index contributed by atoms with van der Waals surface area (Å²) >= 11 is 14.0. The first-order valence-corrected chi connectivity index (χ1v) is 10.8. The second-order valence-corrected chi connectivity index (χ2v) is 9.40. The van der Waals surface area contributed by atoms with E-state index in [1.165, 1.54) is 0 Å². The molecule has 3 nitrogen and oxygen atoms in total. The van der Waals surface area contributed by atoms with Gasteiger partial charge in [0.1, 0.15) is 11.9 Å². The summed E-state index contributed by atoms with van der Waals surface area (Å²) in [6.45, 7) is 4.14. The van der Waals surface area contributed by atoms with Crippen molar-refractivity contribution in [3.8, 4) is 0 Å². The number of aliphatic hydroxyl groups excluding tert-OH is 2. The Kier molecular flexibility index (Phi) is 6.77. The molecule has 0 fully saturated rings. The van der Waals surface area contributed by atoms with E-state index < -0.39 is 11.5 Å². The van der Waals surface area contributed by atoms with Gasteiger partial charge in [0, 0.05) is 44.8 Å². The van der Waals surface area contributed by atoms with E-state index in [1.807, 2.05) is 12.1 Å². The Balaban J connectivity index is 2.17. The molecule has 0 spiro atoms. The van der Waals surface area contributed by atoms with E-state index in [2.05, 4.69) is 18.8 Å². The molecule has 1 aliphatic rings. The number of thioether (sulfide) groups is 1. The lowest BCUT2D eigenvalue weighted by atomic mass is 9.71. The minimum absolute atomic E-state index is 0.0480. The Bertz CT molecular complexity index is 900. The highest BCUT2D eigenvalue weighted by Gasteiger charge is 2.43. The molecule has 0 saturated heterocycles. The van der Waals surface area contributed by atoms with Gasteiger partial charge in [0.25, 0.3) is 0 Å². The first-order chi connectivity index (χ1) is 13.4. The number of nitrogens with zero attached hydrogens (tertiary/aromatic N) is 1. The third-order valence-electron chi connectivity index (χ3n) is 5.43. The molecule has 0 radical (unpaired) electrons. The summed E-state index contributed by atoms with van der Waals surface area (Å²) in [5, 5.41) is 23.3. The fourth-order valence-corrected chi connectivity index (χ4v) is 5.43. The molecule has 0 bridgehead atoms. The smallest absolute Gasteiger partial charge is 0.125 e. The van der Waals surface area contributed by atoms with Gasteiger partial charge in [0.15, 0.2) is 0 Å². The van der Waals surface area contributed by atoms with Crippen LogP contribution in [0.2, 0.25) is 5.02 Å². The predicted molar refractivity (Wildman–Crippen MR) is 119 cm³/mol. The number of halogens is 2. The molecule has 2 aromatic rings. The summed E-state index contributed by atoms with van der Waals surface area (Å²) in [7, 11) is 0. The first-order valence-electron chi connectivity index (χ1n) is 9.16. The van der Waals surface area contributed by atoms with Gasteiger partial charge in [0.05, 0.1) is 4.36 Å². The lowest BCUT2D eigenvalue weighted by molar-refractivity contribution is 0.170. The molecule has 3 unspecified atom stereocenters. The number of pyridine rings is 1. The lowest BCUT2D eigenvalue weighted by Gasteiger charge is -2.39. The minimum atomic E-state index is -1.00. The largest absolute Gasteiger partial charge is 0.507 e. The van der Waals surface area contributed by atoms with Gasteiger partial charge in [-0.05, 0) is 31.0 Å². The Morgan fingerprint density at radius 2 is 2.11 bits per heavy atom. The summed E-state index contributed by atoms with van der Waals surface area (Å²) in [6, 6.07) is 10.6. The molecule has 28 heavy (non-hydrogen) atoms. The van der Waals surface area contributed by atoms with E-state index in [-0.39, 0.29) is 11.0 Å². The van der Waals surface area contributed by atoms with Gasteiger partial charge in [-0.25, -0.2) is 0 Å². The molecule has 2 N–H and O–H groups in total. The van der Waals surface area contributed by atoms with Crippen molar-refractivity contribution in [1.29, 1.82) is 0 Å². The zero-order valence-corrected chi connectivity index (χ0v) is 18.1. The second-order valence-electron chi connectivity index (χ2n) is 7.08. The van der Waals surface area contributed by atoms with Crippen molar-refractivity contribution < 1.29 is 10.2 Å². The van der Waals surface area contributed by atoms with E-state index in [0.717, 1.165) is 17.2 Å². The first kappa shape index (κ1) is 21.3. The maximum absolute atomic E-state index is 11.3. The molecule has 1 aromatic heterocycles. The van der Waals surface area contributed by atoms with Gasteiger partial charge in [-0.3, -0.25) is 4.98 Å². The van der Waals surface area contributed by atoms with Crippen LogP contribution in [-0.4, -0.2) is 20.4 Å². The number of allylic oxidation sites excluding steroid dienone is 1. The molecule has 3 rings (SSSR count). The average molecular weight is 436 g/mol. The van der Waals surface area contributed by atoms with E-state index >= 15 is 0 Å². The van der Waals surface area contributed by atoms with Crippen molar-refractivity contribution in [1.82, 2.24) is 4.98 Å². The minimum Gasteiger partial charge on any atom is -0.507 e. The number of hydrogen-bond donors (Lipinski definition) is 2. The van der Waals surface area contributed by atoms with Crippen LogP contribution in [0.15, 0.2) is 64.8 Å². The lowest BCUT2D eigenvalue weighted by Crippen LogP contribution is -2.34. The zero-order valence-electron chi connectivity index (χ0n) is 15.8. The Labute approximate surface area is 180 Å². The van der Waals surface area contributed by atoms with Gasteiger partial charge in [-0.1, -0.05) is 61.3 Å². The number of aliphatic hydroxyl groups is 2. The van der Waals surface area contributed by atoms with Crippen LogP contribution in [0.4, 0.5) is 0 Å². The predicted octanol–water partition coefficient (Wildman–Crippen LogP) is 6.74. The number of rotatable bonds is 6. The molecule has 1 aliphatic heterocycles. The second kappa shape index (κ2) is 8.91. The van der Waals surface area contributed by atoms with Crippen LogP contribution >= 0.6 is 35.0 Å². The SMILES string of the molecule is CCC(C)(/C(=C(\O)c1cccc(Cl)c1)C(O)c1cccnc1)C1CC=C(Cl)S1. The van der Waals surface area contributed by atoms with Crippen molar-refractivity contribution in [2.24, 2.45) is 5.41 Å². The van der Waals surface area contributed by atoms with Crippen molar-refractivity contribution >= 4 is 40.7 Å². The number of hydrogen-bond acceptors (Lipinski definition) is 4. The molecular weight excluding hydrogens is 413 g/mol. The van der Waals surface area contributed by atoms with E-state index in [9.17, 15) is 10.2 Å². The summed E-state index contributed by atoms with van der Waals surface area (Å²) < 4.78 is 0.752. The molecular formula is C22H23Cl2NO2S. The third kappa shape index (κ3) is 4.25. The number of aromatic nitrogens is 1. The van der Waals surface area contributed by atoms with Crippen molar-refractivity contribution in [3.63, 3.8) is 0 Å². The maximum Gasteiger partial charge on any atom is 0.125 e. The average Bonchev–Trinajstić information content (AvgIpc) is 3.15. The Hall–Kier alpha value is -1.46. The fourth-order valence-electron chi connectivity index (χ4n) is 3.62. The Morgan fingerprint density at radius 3 is 2.68 bits per heavy atom. The fraction of sp³-hybridized carbons (Fsp3) is 0.318. The molecule has 3 atom stereocenters. The topological polar surface area (TPSA) is 53.4 Å². The summed E-state index contributed by atoms with van der Waals surface area (Å²) in [5.41, 5.74) is 1.27. The molecule has 0 aliphatic carbocycles. The molecule has 0 amide bonds. The van der Waals surface area contributed by atoms with Gasteiger partial charge >= 0.3 is 0 Å². The van der Waals surface area contributed by atoms with Crippen LogP contribution in [0.25, 0.3) is 5.76 Å². The van der Waals surface area contributed by atoms with E-state index in [1.54, 1.807) is 54.5 Å². The van der Waals surface area contributed by atoms with Gasteiger partial charge in [-0.15, -0.1) is 11.8 Å². The number of benzene rings is 1. The van der Waals surface area contributed by atoms with Crippen molar-refractivity contribution in [3.05, 3.63) is 81.0 Å². The van der Waals surface area contributed by atoms with Crippen molar-refractivity contribution in [2.45, 2.75) is 38.0 Å². The highest BCUT2D eigenvalue weighted by Crippen LogP contribution is 2.53. The molecule has 6 heteroatoms. The zero-order chi connectivity index (χ0) is 20.3. The quantitative estimate of drug-likeness (QED) is 0.493. The van der Waals surface area contributed by atoms with Crippen LogP contribution in [-0.2, 0) is 0 Å². The standard InChI is InChI=1S/C22H23Cl2NO2S/c1-3-22(2,17-9-10-18(24)28-17)19(21(27)15-7-5-11-25-13-15)20(26)14-6-4-8-16(23)12-14/h4-8,10-13,17,21,26-27H,3,9H2,1-2H3/b20-19-. The summed E-state index contributed by atoms with van der Waals surface area (Å²) in [4.78, 5) is 4.13. The van der Waals surface area contributed by atoms with Crippen LogP contribution in [0.5, 0.6) is 0 Å². The normalized spacial score (nSPS) is 20.9.